The molecule has 0 aliphatic rings. The van der Waals surface area contributed by atoms with Gasteiger partial charge in [-0.15, -0.1) is 0 Å². The summed E-state index contributed by atoms with van der Waals surface area (Å²) in [5.74, 6) is -0.993. The van der Waals surface area contributed by atoms with Gasteiger partial charge in [-0.3, -0.25) is 0 Å². The van der Waals surface area contributed by atoms with E-state index in [1.165, 1.54) is 23.9 Å². The van der Waals surface area contributed by atoms with E-state index in [9.17, 15) is 9.90 Å². The molecule has 6 nitrogen and oxygen atoms in total. The molecular formula is C18H21N3O3. The molecule has 0 unspecified atom stereocenters. The van der Waals surface area contributed by atoms with Crippen molar-refractivity contribution in [3.8, 4) is 5.88 Å². The van der Waals surface area contributed by atoms with E-state index in [1.807, 2.05) is 19.1 Å². The summed E-state index contributed by atoms with van der Waals surface area (Å²) in [6, 6.07) is 0. The average molecular weight is 327 g/mol. The molecule has 0 spiro atoms. The average Bonchev–Trinajstić information content (AvgIpc) is 2.84. The Morgan fingerprint density at radius 3 is 2.50 bits per heavy atom. The number of carboxylic acid groups (broad SMARTS) is 1. The largest absolute Gasteiger partial charge is 0.493 e. The number of nitrogens with zero attached hydrogens (tertiary/aromatic N) is 3. The minimum atomic E-state index is -1.08. The number of aryl methyl sites for hydroxylation is 1. The first kappa shape index (κ1) is 18.9. The number of aromatic hydroxyl groups is 1. The summed E-state index contributed by atoms with van der Waals surface area (Å²) in [7, 11) is 0. The van der Waals surface area contributed by atoms with Gasteiger partial charge in [-0.1, -0.05) is 37.5 Å². The third-order valence-electron chi connectivity index (χ3n) is 3.14. The van der Waals surface area contributed by atoms with Gasteiger partial charge in [0.15, 0.2) is 5.84 Å². The zero-order chi connectivity index (χ0) is 18.3. The lowest BCUT2D eigenvalue weighted by molar-refractivity contribution is -0.132. The minimum Gasteiger partial charge on any atom is -0.493 e. The van der Waals surface area contributed by atoms with Crippen LogP contribution in [-0.4, -0.2) is 31.8 Å². The van der Waals surface area contributed by atoms with E-state index in [0.29, 0.717) is 16.8 Å². The molecule has 1 aromatic rings. The van der Waals surface area contributed by atoms with Crippen LogP contribution >= 0.6 is 0 Å². The van der Waals surface area contributed by atoms with E-state index < -0.39 is 5.97 Å². The molecule has 0 radical (unpaired) electrons. The van der Waals surface area contributed by atoms with Gasteiger partial charge in [0.25, 0.3) is 0 Å². The van der Waals surface area contributed by atoms with Crippen molar-refractivity contribution in [2.75, 3.05) is 0 Å². The molecule has 0 aliphatic carbocycles. The number of allylic oxidation sites excluding steroid dienone is 6. The van der Waals surface area contributed by atoms with Gasteiger partial charge < -0.3 is 10.2 Å². The van der Waals surface area contributed by atoms with Crippen LogP contribution in [0.5, 0.6) is 5.88 Å². The van der Waals surface area contributed by atoms with Crippen LogP contribution in [0, 0.1) is 6.92 Å². The summed E-state index contributed by atoms with van der Waals surface area (Å²) in [6.07, 6.45) is 9.67. The highest BCUT2D eigenvalue weighted by molar-refractivity contribution is 5.97. The highest BCUT2D eigenvalue weighted by Gasteiger charge is 2.18. The molecule has 0 aromatic carbocycles. The molecule has 0 amide bonds. The first-order valence-electron chi connectivity index (χ1n) is 7.22. The van der Waals surface area contributed by atoms with Crippen LogP contribution in [-0.2, 0) is 4.79 Å². The first-order chi connectivity index (χ1) is 11.4. The molecule has 1 rings (SSSR count). The Kier molecular flexibility index (Phi) is 6.67. The zero-order valence-corrected chi connectivity index (χ0v) is 14.0. The lowest BCUT2D eigenvalue weighted by atomic mass is 10.1. The predicted molar refractivity (Wildman–Crippen MR) is 96.0 cm³/mol. The second kappa shape index (κ2) is 8.47. The summed E-state index contributed by atoms with van der Waals surface area (Å²) in [5.41, 5.74) is 1.86. The molecule has 1 aromatic heterocycles. The summed E-state index contributed by atoms with van der Waals surface area (Å²) in [4.78, 5) is 14.9. The second-order valence-electron chi connectivity index (χ2n) is 4.86. The Morgan fingerprint density at radius 1 is 1.33 bits per heavy atom. The van der Waals surface area contributed by atoms with E-state index in [-0.39, 0.29) is 17.3 Å². The van der Waals surface area contributed by atoms with Crippen LogP contribution < -0.4 is 0 Å². The normalized spacial score (nSPS) is 13.4. The predicted octanol–water partition coefficient (Wildman–Crippen LogP) is 3.46. The molecule has 0 bridgehead atoms. The number of hydrogen-bond acceptors (Lipinski definition) is 4. The van der Waals surface area contributed by atoms with Crippen molar-refractivity contribution >= 4 is 17.4 Å². The van der Waals surface area contributed by atoms with Crippen molar-refractivity contribution in [1.29, 1.82) is 0 Å². The quantitative estimate of drug-likeness (QED) is 0.362. The number of carbonyl (C=O) groups is 1. The molecule has 0 atom stereocenters. The van der Waals surface area contributed by atoms with Crippen molar-refractivity contribution in [3.63, 3.8) is 0 Å². The maximum atomic E-state index is 10.8. The van der Waals surface area contributed by atoms with Gasteiger partial charge in [0, 0.05) is 6.20 Å². The van der Waals surface area contributed by atoms with E-state index in [2.05, 4.69) is 23.2 Å². The van der Waals surface area contributed by atoms with Crippen LogP contribution in [0.1, 0.15) is 25.1 Å². The SMILES string of the molecule is C=C/C(=C\C=C/C)c1c(C)nn(/C(C=C)=N/C=C(\C)C(=O)O)c1O. The fraction of sp³-hybridized carbons (Fsp3) is 0.167. The maximum Gasteiger partial charge on any atom is 0.332 e. The highest BCUT2D eigenvalue weighted by Crippen LogP contribution is 2.29. The number of aliphatic imine (C=N–C) groups is 1. The topological polar surface area (TPSA) is 87.7 Å². The zero-order valence-electron chi connectivity index (χ0n) is 14.0. The van der Waals surface area contributed by atoms with Crippen molar-refractivity contribution in [1.82, 2.24) is 9.78 Å². The van der Waals surface area contributed by atoms with Crippen molar-refractivity contribution in [3.05, 3.63) is 66.6 Å². The standard InChI is InChI=1S/C18H21N3O3/c1-6-9-10-14(7-2)16-13(5)20-21(17(16)22)15(8-3)19-11-12(4)18(23)24/h6-11,22H,2-3H2,1,4-5H3,(H,23,24)/b9-6-,12-11+,14-10+,19-15+. The molecule has 126 valence electrons. The van der Waals surface area contributed by atoms with E-state index >= 15 is 0 Å². The molecule has 0 saturated heterocycles. The molecule has 6 heteroatoms. The Morgan fingerprint density at radius 2 is 2.00 bits per heavy atom. The maximum absolute atomic E-state index is 10.8. The molecule has 0 aliphatic heterocycles. The Balaban J connectivity index is 3.47. The van der Waals surface area contributed by atoms with Gasteiger partial charge in [0.2, 0.25) is 5.88 Å². The van der Waals surface area contributed by atoms with Crippen LogP contribution in [0.3, 0.4) is 0 Å². The highest BCUT2D eigenvalue weighted by atomic mass is 16.4. The molecule has 24 heavy (non-hydrogen) atoms. The van der Waals surface area contributed by atoms with Gasteiger partial charge in [0.1, 0.15) is 0 Å². The second-order valence-corrected chi connectivity index (χ2v) is 4.86. The lowest BCUT2D eigenvalue weighted by Crippen LogP contribution is -2.10. The number of aromatic nitrogens is 2. The van der Waals surface area contributed by atoms with Gasteiger partial charge in [-0.25, -0.2) is 9.79 Å². The first-order valence-corrected chi connectivity index (χ1v) is 7.22. The fourth-order valence-electron chi connectivity index (χ4n) is 1.88. The van der Waals surface area contributed by atoms with Crippen LogP contribution in [0.2, 0.25) is 0 Å². The molecule has 2 N–H and O–H groups in total. The number of hydrogen-bond donors (Lipinski definition) is 2. The minimum absolute atomic E-state index is 0.0534. The smallest absolute Gasteiger partial charge is 0.332 e. The van der Waals surface area contributed by atoms with E-state index in [0.717, 1.165) is 0 Å². The van der Waals surface area contributed by atoms with Gasteiger partial charge >= 0.3 is 5.97 Å². The van der Waals surface area contributed by atoms with Gasteiger partial charge in [-0.05, 0) is 32.4 Å². The summed E-state index contributed by atoms with van der Waals surface area (Å²) in [5, 5.41) is 23.6. The molecular weight excluding hydrogens is 306 g/mol. The lowest BCUT2D eigenvalue weighted by Gasteiger charge is -2.04. The molecule has 1 heterocycles. The Bertz CT molecular complexity index is 778. The fourth-order valence-corrected chi connectivity index (χ4v) is 1.88. The van der Waals surface area contributed by atoms with E-state index in [4.69, 9.17) is 5.11 Å². The number of carboxylic acids is 1. The van der Waals surface area contributed by atoms with Gasteiger partial charge in [0.05, 0.1) is 16.8 Å². The van der Waals surface area contributed by atoms with Crippen molar-refractivity contribution in [2.45, 2.75) is 20.8 Å². The van der Waals surface area contributed by atoms with E-state index in [1.54, 1.807) is 19.1 Å². The van der Waals surface area contributed by atoms with Crippen LogP contribution in [0.15, 0.2) is 60.3 Å². The summed E-state index contributed by atoms with van der Waals surface area (Å²) < 4.78 is 1.20. The van der Waals surface area contributed by atoms with Crippen LogP contribution in [0.4, 0.5) is 0 Å². The Labute approximate surface area is 141 Å². The molecule has 0 fully saturated rings. The monoisotopic (exact) mass is 327 g/mol. The van der Waals surface area contributed by atoms with Crippen molar-refractivity contribution < 1.29 is 15.0 Å². The third-order valence-corrected chi connectivity index (χ3v) is 3.14. The summed E-state index contributed by atoms with van der Waals surface area (Å²) in [6.45, 7) is 12.4. The number of aliphatic carboxylic acids is 1. The number of rotatable bonds is 6. The molecule has 0 saturated carbocycles. The Hall–Kier alpha value is -3.15. The van der Waals surface area contributed by atoms with Crippen molar-refractivity contribution in [2.24, 2.45) is 4.99 Å². The third kappa shape index (κ3) is 4.19. The van der Waals surface area contributed by atoms with Crippen LogP contribution in [0.25, 0.3) is 5.57 Å². The summed E-state index contributed by atoms with van der Waals surface area (Å²) >= 11 is 0. The van der Waals surface area contributed by atoms with Gasteiger partial charge in [-0.2, -0.15) is 9.78 Å².